The summed E-state index contributed by atoms with van der Waals surface area (Å²) in [5.41, 5.74) is 0. The highest BCUT2D eigenvalue weighted by molar-refractivity contribution is 7.99. The van der Waals surface area contributed by atoms with Crippen molar-refractivity contribution >= 4 is 41.5 Å². The smallest absolute Gasteiger partial charge is 0.511 e. The van der Waals surface area contributed by atoms with E-state index in [9.17, 15) is 0 Å². The Kier molecular flexibility index (Phi) is 3.84. The summed E-state index contributed by atoms with van der Waals surface area (Å²) in [6.07, 6.45) is 1.90. The van der Waals surface area contributed by atoms with Gasteiger partial charge in [-0.15, -0.1) is 11.8 Å². The van der Waals surface area contributed by atoms with Crippen molar-refractivity contribution in [2.75, 3.05) is 6.26 Å². The highest BCUT2D eigenvalue weighted by Gasteiger charge is 2.17. The summed E-state index contributed by atoms with van der Waals surface area (Å²) < 4.78 is 4.93. The molecule has 0 saturated carbocycles. The van der Waals surface area contributed by atoms with E-state index in [1.165, 1.54) is 11.8 Å². The Hall–Kier alpha value is -0.875. The summed E-state index contributed by atoms with van der Waals surface area (Å²) in [5, 5.41) is 20.1. The van der Waals surface area contributed by atoms with Crippen molar-refractivity contribution in [3.8, 4) is 5.75 Å². The molecule has 6 heteroatoms. The van der Waals surface area contributed by atoms with Crippen LogP contribution in [-0.4, -0.2) is 23.6 Å². The molecule has 0 aliphatic rings. The summed E-state index contributed by atoms with van der Waals surface area (Å²) in [4.78, 5) is 0.832. The van der Waals surface area contributed by atoms with Gasteiger partial charge < -0.3 is 14.7 Å². The molecule has 3 nitrogen and oxygen atoms in total. The molecule has 0 amide bonds. The average molecular weight is 269 g/mol. The minimum atomic E-state index is -1.85. The maximum atomic E-state index is 8.87. The molecule has 2 rings (SSSR count). The first-order valence-electron chi connectivity index (χ1n) is 4.91. The Bertz CT molecular complexity index is 547. The average Bonchev–Trinajstić information content (AvgIpc) is 2.29. The molecule has 0 aromatic heterocycles. The molecular formula is C11H10BClO3S. The molecule has 0 fully saturated rings. The summed E-state index contributed by atoms with van der Waals surface area (Å²) in [6.45, 7) is 0. The summed E-state index contributed by atoms with van der Waals surface area (Å²) in [6, 6.07) is 9.23. The second kappa shape index (κ2) is 5.18. The van der Waals surface area contributed by atoms with E-state index in [1.807, 2.05) is 30.5 Å². The zero-order chi connectivity index (χ0) is 12.4. The fourth-order valence-corrected chi connectivity index (χ4v) is 2.66. The largest absolute Gasteiger partial charge is 0.707 e. The van der Waals surface area contributed by atoms with E-state index in [1.54, 1.807) is 6.07 Å². The molecule has 0 saturated heterocycles. The summed E-state index contributed by atoms with van der Waals surface area (Å²) >= 11 is 7.59. The first kappa shape index (κ1) is 12.6. The summed E-state index contributed by atoms with van der Waals surface area (Å²) in [5.74, 6) is 0.371. The quantitative estimate of drug-likeness (QED) is 0.663. The molecule has 0 radical (unpaired) electrons. The van der Waals surface area contributed by atoms with E-state index < -0.39 is 7.32 Å². The molecule has 88 valence electrons. The van der Waals surface area contributed by atoms with Crippen molar-refractivity contribution in [1.29, 1.82) is 0 Å². The lowest BCUT2D eigenvalue weighted by molar-refractivity contribution is 0.285. The van der Waals surface area contributed by atoms with E-state index in [0.717, 1.165) is 15.7 Å². The molecule has 0 aliphatic carbocycles. The van der Waals surface area contributed by atoms with E-state index >= 15 is 0 Å². The normalized spacial score (nSPS) is 10.6. The van der Waals surface area contributed by atoms with E-state index in [2.05, 4.69) is 0 Å². The van der Waals surface area contributed by atoms with Crippen molar-refractivity contribution in [2.45, 2.75) is 4.90 Å². The molecule has 0 aliphatic heterocycles. The van der Waals surface area contributed by atoms with Gasteiger partial charge in [-0.1, -0.05) is 35.9 Å². The third-order valence-corrected chi connectivity index (χ3v) is 3.49. The van der Waals surface area contributed by atoms with Crippen LogP contribution in [0.2, 0.25) is 5.02 Å². The molecule has 17 heavy (non-hydrogen) atoms. The Morgan fingerprint density at radius 2 is 1.88 bits per heavy atom. The minimum Gasteiger partial charge on any atom is -0.511 e. The van der Waals surface area contributed by atoms with Crippen molar-refractivity contribution in [3.63, 3.8) is 0 Å². The van der Waals surface area contributed by atoms with Crippen molar-refractivity contribution < 1.29 is 14.7 Å². The predicted octanol–water partition coefficient (Wildman–Crippen LogP) is 2.56. The van der Waals surface area contributed by atoms with Gasteiger partial charge in [0.2, 0.25) is 0 Å². The Morgan fingerprint density at radius 3 is 2.47 bits per heavy atom. The van der Waals surface area contributed by atoms with Crippen LogP contribution in [0.3, 0.4) is 0 Å². The van der Waals surface area contributed by atoms with Gasteiger partial charge in [-0.25, -0.2) is 0 Å². The van der Waals surface area contributed by atoms with Crippen LogP contribution in [0.15, 0.2) is 35.2 Å². The number of hydrogen-bond donors (Lipinski definition) is 2. The topological polar surface area (TPSA) is 49.7 Å². The number of hydrogen-bond acceptors (Lipinski definition) is 4. The van der Waals surface area contributed by atoms with E-state index in [4.69, 9.17) is 26.3 Å². The fraction of sp³-hybridized carbons (Fsp3) is 0.0909. The Labute approximate surface area is 109 Å². The minimum absolute atomic E-state index is 0.371. The monoisotopic (exact) mass is 268 g/mol. The molecule has 0 bridgehead atoms. The van der Waals surface area contributed by atoms with E-state index in [0.29, 0.717) is 10.8 Å². The Balaban J connectivity index is 2.68. The van der Waals surface area contributed by atoms with Gasteiger partial charge in [-0.2, -0.15) is 0 Å². The van der Waals surface area contributed by atoms with Crippen LogP contribution < -0.4 is 4.65 Å². The van der Waals surface area contributed by atoms with Gasteiger partial charge in [0.05, 0.1) is 9.92 Å². The molecule has 0 atom stereocenters. The SMILES string of the molecule is CSc1c(OB(O)O)cc(Cl)c2ccccc12. The second-order valence-corrected chi connectivity index (χ2v) is 4.60. The molecule has 0 heterocycles. The number of rotatable bonds is 3. The third kappa shape index (κ3) is 2.52. The van der Waals surface area contributed by atoms with Crippen LogP contribution in [0.4, 0.5) is 0 Å². The Morgan fingerprint density at radius 1 is 1.24 bits per heavy atom. The maximum Gasteiger partial charge on any atom is 0.707 e. The van der Waals surface area contributed by atoms with Crippen LogP contribution in [-0.2, 0) is 0 Å². The van der Waals surface area contributed by atoms with Crippen molar-refractivity contribution in [1.82, 2.24) is 0 Å². The van der Waals surface area contributed by atoms with Gasteiger partial charge in [0.1, 0.15) is 5.75 Å². The maximum absolute atomic E-state index is 8.87. The lowest BCUT2D eigenvalue weighted by Crippen LogP contribution is -2.21. The fourth-order valence-electron chi connectivity index (χ4n) is 1.69. The van der Waals surface area contributed by atoms with Gasteiger partial charge in [0, 0.05) is 10.8 Å². The molecular weight excluding hydrogens is 258 g/mol. The number of halogens is 1. The first-order chi connectivity index (χ1) is 8.13. The van der Waals surface area contributed by atoms with Gasteiger partial charge in [0.25, 0.3) is 0 Å². The van der Waals surface area contributed by atoms with Crippen LogP contribution >= 0.6 is 23.4 Å². The number of fused-ring (bicyclic) bond motifs is 1. The van der Waals surface area contributed by atoms with E-state index in [-0.39, 0.29) is 0 Å². The zero-order valence-corrected chi connectivity index (χ0v) is 10.6. The van der Waals surface area contributed by atoms with Gasteiger partial charge in [0.15, 0.2) is 0 Å². The third-order valence-electron chi connectivity index (χ3n) is 2.35. The summed E-state index contributed by atoms with van der Waals surface area (Å²) in [7, 11) is -1.85. The number of benzene rings is 2. The molecule has 2 aromatic rings. The van der Waals surface area contributed by atoms with Crippen LogP contribution in [0, 0.1) is 0 Å². The van der Waals surface area contributed by atoms with Crippen molar-refractivity contribution in [3.05, 3.63) is 35.4 Å². The second-order valence-electron chi connectivity index (χ2n) is 3.38. The van der Waals surface area contributed by atoms with Gasteiger partial charge >= 0.3 is 7.32 Å². The van der Waals surface area contributed by atoms with Gasteiger partial charge in [-0.05, 0) is 12.3 Å². The lowest BCUT2D eigenvalue weighted by atomic mass is 10.1. The van der Waals surface area contributed by atoms with Gasteiger partial charge in [-0.3, -0.25) is 0 Å². The molecule has 2 N–H and O–H groups in total. The predicted molar refractivity (Wildman–Crippen MR) is 71.6 cm³/mol. The van der Waals surface area contributed by atoms with Crippen LogP contribution in [0.5, 0.6) is 5.75 Å². The molecule has 0 unspecified atom stereocenters. The first-order valence-corrected chi connectivity index (χ1v) is 6.51. The van der Waals surface area contributed by atoms with Crippen LogP contribution in [0.1, 0.15) is 0 Å². The molecule has 0 spiro atoms. The van der Waals surface area contributed by atoms with Crippen molar-refractivity contribution in [2.24, 2.45) is 0 Å². The number of thioether (sulfide) groups is 1. The zero-order valence-electron chi connectivity index (χ0n) is 9.05. The highest BCUT2D eigenvalue weighted by Crippen LogP contribution is 2.39. The standard InChI is InChI=1S/C11H10BClO3S/c1-17-11-8-5-3-2-4-7(8)9(13)6-10(11)16-12(14)15/h2-6,14-15H,1H3. The molecule has 2 aromatic carbocycles. The highest BCUT2D eigenvalue weighted by atomic mass is 35.5. The lowest BCUT2D eigenvalue weighted by Gasteiger charge is -2.13. The van der Waals surface area contributed by atoms with Crippen LogP contribution in [0.25, 0.3) is 10.8 Å².